The summed E-state index contributed by atoms with van der Waals surface area (Å²) in [4.78, 5) is 0. The highest BCUT2D eigenvalue weighted by molar-refractivity contribution is 4.98. The van der Waals surface area contributed by atoms with E-state index >= 15 is 0 Å². The number of nitrogens with zero attached hydrogens (tertiary/aromatic N) is 2. The predicted octanol–water partition coefficient (Wildman–Crippen LogP) is 1.76. The average Bonchev–Trinajstić information content (AvgIpc) is 2.47. The van der Waals surface area contributed by atoms with Gasteiger partial charge in [0, 0.05) is 13.2 Å². The molecule has 0 bridgehead atoms. The maximum Gasteiger partial charge on any atom is 0.0625 e. The van der Waals surface area contributed by atoms with Crippen LogP contribution in [0.5, 0.6) is 0 Å². The van der Waals surface area contributed by atoms with Crippen LogP contribution in [0.15, 0.2) is 12.3 Å². The summed E-state index contributed by atoms with van der Waals surface area (Å²) in [5, 5.41) is 13.9. The van der Waals surface area contributed by atoms with Gasteiger partial charge in [-0.1, -0.05) is 13.8 Å². The van der Waals surface area contributed by atoms with Crippen molar-refractivity contribution in [3.05, 3.63) is 18.0 Å². The summed E-state index contributed by atoms with van der Waals surface area (Å²) in [7, 11) is 1.91. The standard InChI is InChI=1S/C11H20N2O/c1-9(2)8-11(14)5-4-10-6-7-13(3)12-10/h6-7,9,11,14H,4-5,8H2,1-3H3. The summed E-state index contributed by atoms with van der Waals surface area (Å²) in [5.74, 6) is 0.564. The number of aromatic nitrogens is 2. The largest absolute Gasteiger partial charge is 0.393 e. The van der Waals surface area contributed by atoms with Crippen molar-refractivity contribution in [2.75, 3.05) is 0 Å². The molecule has 0 radical (unpaired) electrons. The highest BCUT2D eigenvalue weighted by Gasteiger charge is 2.07. The molecule has 0 saturated carbocycles. The van der Waals surface area contributed by atoms with E-state index in [-0.39, 0.29) is 6.10 Å². The smallest absolute Gasteiger partial charge is 0.0625 e. The van der Waals surface area contributed by atoms with Crippen LogP contribution < -0.4 is 0 Å². The van der Waals surface area contributed by atoms with Gasteiger partial charge in [-0.05, 0) is 31.2 Å². The molecule has 1 atom stereocenters. The Kier molecular flexibility index (Phi) is 4.14. The summed E-state index contributed by atoms with van der Waals surface area (Å²) in [6.07, 6.45) is 4.32. The minimum Gasteiger partial charge on any atom is -0.393 e. The van der Waals surface area contributed by atoms with Crippen LogP contribution in [0.2, 0.25) is 0 Å². The van der Waals surface area contributed by atoms with Crippen molar-refractivity contribution in [2.45, 2.75) is 39.2 Å². The van der Waals surface area contributed by atoms with Crippen LogP contribution in [0.1, 0.15) is 32.4 Å². The van der Waals surface area contributed by atoms with E-state index in [9.17, 15) is 5.11 Å². The lowest BCUT2D eigenvalue weighted by Gasteiger charge is -2.11. The third-order valence-electron chi connectivity index (χ3n) is 2.25. The maximum absolute atomic E-state index is 9.65. The molecule has 14 heavy (non-hydrogen) atoms. The Hall–Kier alpha value is -0.830. The Morgan fingerprint density at radius 2 is 2.21 bits per heavy atom. The second kappa shape index (κ2) is 5.15. The highest BCUT2D eigenvalue weighted by Crippen LogP contribution is 2.10. The zero-order chi connectivity index (χ0) is 10.6. The molecule has 1 heterocycles. The summed E-state index contributed by atoms with van der Waals surface area (Å²) >= 11 is 0. The van der Waals surface area contributed by atoms with E-state index in [2.05, 4.69) is 18.9 Å². The molecule has 0 spiro atoms. The van der Waals surface area contributed by atoms with Gasteiger partial charge in [-0.3, -0.25) is 4.68 Å². The van der Waals surface area contributed by atoms with Gasteiger partial charge in [0.15, 0.2) is 0 Å². The Balaban J connectivity index is 2.26. The fraction of sp³-hybridized carbons (Fsp3) is 0.727. The predicted molar refractivity (Wildman–Crippen MR) is 57.0 cm³/mol. The molecule has 0 saturated heterocycles. The first-order valence-electron chi connectivity index (χ1n) is 5.24. The number of hydrogen-bond acceptors (Lipinski definition) is 2. The number of rotatable bonds is 5. The quantitative estimate of drug-likeness (QED) is 0.779. The molecular weight excluding hydrogens is 176 g/mol. The molecule has 0 fully saturated rings. The van der Waals surface area contributed by atoms with Crippen LogP contribution in [0.25, 0.3) is 0 Å². The van der Waals surface area contributed by atoms with Gasteiger partial charge < -0.3 is 5.11 Å². The first-order chi connectivity index (χ1) is 6.58. The summed E-state index contributed by atoms with van der Waals surface area (Å²) in [6, 6.07) is 2.00. The number of aryl methyl sites for hydroxylation is 2. The van der Waals surface area contributed by atoms with Gasteiger partial charge in [0.2, 0.25) is 0 Å². The Labute approximate surface area is 85.8 Å². The molecule has 1 aromatic rings. The minimum atomic E-state index is -0.183. The van der Waals surface area contributed by atoms with Crippen LogP contribution in [0.3, 0.4) is 0 Å². The van der Waals surface area contributed by atoms with E-state index in [1.807, 2.05) is 19.3 Å². The Morgan fingerprint density at radius 3 is 2.71 bits per heavy atom. The molecule has 3 heteroatoms. The van der Waals surface area contributed by atoms with Gasteiger partial charge in [0.25, 0.3) is 0 Å². The highest BCUT2D eigenvalue weighted by atomic mass is 16.3. The third kappa shape index (κ3) is 3.92. The molecule has 3 nitrogen and oxygen atoms in total. The molecule has 1 N–H and O–H groups in total. The van der Waals surface area contributed by atoms with Crippen LogP contribution in [-0.4, -0.2) is 21.0 Å². The fourth-order valence-electron chi connectivity index (χ4n) is 1.57. The summed E-state index contributed by atoms with van der Waals surface area (Å²) < 4.78 is 1.80. The molecule has 1 unspecified atom stereocenters. The molecule has 80 valence electrons. The van der Waals surface area contributed by atoms with Gasteiger partial charge in [-0.2, -0.15) is 5.10 Å². The molecule has 0 aliphatic carbocycles. The second-order valence-electron chi connectivity index (χ2n) is 4.30. The van der Waals surface area contributed by atoms with E-state index in [0.717, 1.165) is 25.0 Å². The molecule has 1 aromatic heterocycles. The van der Waals surface area contributed by atoms with Gasteiger partial charge in [0.1, 0.15) is 0 Å². The van der Waals surface area contributed by atoms with E-state index in [1.54, 1.807) is 4.68 Å². The van der Waals surface area contributed by atoms with Gasteiger partial charge in [-0.15, -0.1) is 0 Å². The van der Waals surface area contributed by atoms with E-state index < -0.39 is 0 Å². The van der Waals surface area contributed by atoms with Crippen molar-refractivity contribution in [3.63, 3.8) is 0 Å². The monoisotopic (exact) mass is 196 g/mol. The van der Waals surface area contributed by atoms with Crippen molar-refractivity contribution in [3.8, 4) is 0 Å². The Morgan fingerprint density at radius 1 is 1.50 bits per heavy atom. The lowest BCUT2D eigenvalue weighted by Crippen LogP contribution is -2.11. The van der Waals surface area contributed by atoms with Crippen LogP contribution in [0.4, 0.5) is 0 Å². The molecule has 0 aromatic carbocycles. The minimum absolute atomic E-state index is 0.183. The van der Waals surface area contributed by atoms with E-state index in [1.165, 1.54) is 0 Å². The van der Waals surface area contributed by atoms with E-state index in [0.29, 0.717) is 5.92 Å². The number of hydrogen-bond donors (Lipinski definition) is 1. The molecule has 0 aliphatic rings. The van der Waals surface area contributed by atoms with Crippen molar-refractivity contribution in [2.24, 2.45) is 13.0 Å². The lowest BCUT2D eigenvalue weighted by atomic mass is 10.0. The van der Waals surface area contributed by atoms with Crippen molar-refractivity contribution in [1.29, 1.82) is 0 Å². The van der Waals surface area contributed by atoms with Gasteiger partial charge in [0.05, 0.1) is 11.8 Å². The van der Waals surface area contributed by atoms with Gasteiger partial charge in [-0.25, -0.2) is 0 Å². The van der Waals surface area contributed by atoms with Crippen molar-refractivity contribution in [1.82, 2.24) is 9.78 Å². The SMILES string of the molecule is CC(C)CC(O)CCc1ccn(C)n1. The molecule has 0 amide bonds. The topological polar surface area (TPSA) is 38.0 Å². The molecule has 1 rings (SSSR count). The number of aliphatic hydroxyl groups is 1. The summed E-state index contributed by atoms with van der Waals surface area (Å²) in [5.41, 5.74) is 1.07. The fourth-order valence-corrected chi connectivity index (χ4v) is 1.57. The summed E-state index contributed by atoms with van der Waals surface area (Å²) in [6.45, 7) is 4.26. The van der Waals surface area contributed by atoms with Gasteiger partial charge >= 0.3 is 0 Å². The van der Waals surface area contributed by atoms with Crippen LogP contribution in [-0.2, 0) is 13.5 Å². The second-order valence-corrected chi connectivity index (χ2v) is 4.30. The third-order valence-corrected chi connectivity index (χ3v) is 2.25. The van der Waals surface area contributed by atoms with Crippen molar-refractivity contribution >= 4 is 0 Å². The zero-order valence-electron chi connectivity index (χ0n) is 9.27. The maximum atomic E-state index is 9.65. The lowest BCUT2D eigenvalue weighted by molar-refractivity contribution is 0.139. The van der Waals surface area contributed by atoms with Crippen molar-refractivity contribution < 1.29 is 5.11 Å². The molecular formula is C11H20N2O. The first-order valence-corrected chi connectivity index (χ1v) is 5.24. The normalized spacial score (nSPS) is 13.5. The number of aliphatic hydroxyl groups excluding tert-OH is 1. The zero-order valence-corrected chi connectivity index (χ0v) is 9.27. The average molecular weight is 196 g/mol. The first kappa shape index (κ1) is 11.2. The van der Waals surface area contributed by atoms with E-state index in [4.69, 9.17) is 0 Å². The Bertz CT molecular complexity index is 268. The van der Waals surface area contributed by atoms with Crippen LogP contribution in [0, 0.1) is 5.92 Å². The molecule has 0 aliphatic heterocycles. The van der Waals surface area contributed by atoms with Crippen LogP contribution >= 0.6 is 0 Å².